The van der Waals surface area contributed by atoms with Gasteiger partial charge in [0.15, 0.2) is 0 Å². The van der Waals surface area contributed by atoms with E-state index in [0.29, 0.717) is 6.04 Å². The Morgan fingerprint density at radius 2 is 2.06 bits per heavy atom. The van der Waals surface area contributed by atoms with Crippen molar-refractivity contribution in [3.05, 3.63) is 34.9 Å². The molecule has 1 aromatic carbocycles. The Morgan fingerprint density at radius 3 is 2.67 bits per heavy atom. The van der Waals surface area contributed by atoms with E-state index in [0.717, 1.165) is 36.2 Å². The van der Waals surface area contributed by atoms with Crippen LogP contribution in [-0.4, -0.2) is 25.0 Å². The van der Waals surface area contributed by atoms with Gasteiger partial charge in [-0.2, -0.15) is 0 Å². The molecular weight excluding hydrogens is 224 g/mol. The third-order valence-electron chi connectivity index (χ3n) is 3.42. The lowest BCUT2D eigenvalue weighted by molar-refractivity contribution is 0.0952. The van der Waals surface area contributed by atoms with Gasteiger partial charge in [-0.3, -0.25) is 4.79 Å². The largest absolute Gasteiger partial charge is 0.352 e. The van der Waals surface area contributed by atoms with E-state index in [1.807, 2.05) is 26.0 Å². The van der Waals surface area contributed by atoms with Crippen LogP contribution >= 0.6 is 0 Å². The van der Waals surface area contributed by atoms with Crippen molar-refractivity contribution < 1.29 is 4.79 Å². The van der Waals surface area contributed by atoms with Crippen molar-refractivity contribution in [2.75, 3.05) is 13.1 Å². The first-order valence-corrected chi connectivity index (χ1v) is 6.75. The molecule has 0 aromatic heterocycles. The summed E-state index contributed by atoms with van der Waals surface area (Å²) in [6, 6.07) is 6.55. The van der Waals surface area contributed by atoms with E-state index < -0.39 is 0 Å². The predicted octanol–water partition coefficient (Wildman–Crippen LogP) is 2.18. The topological polar surface area (TPSA) is 41.1 Å². The van der Waals surface area contributed by atoms with Crippen molar-refractivity contribution in [2.24, 2.45) is 0 Å². The number of carbonyl (C=O) groups is 1. The highest BCUT2D eigenvalue weighted by molar-refractivity contribution is 5.94. The summed E-state index contributed by atoms with van der Waals surface area (Å²) in [7, 11) is 0. The highest BCUT2D eigenvalue weighted by Gasteiger charge is 2.14. The molecule has 3 heteroatoms. The summed E-state index contributed by atoms with van der Waals surface area (Å²) >= 11 is 0. The summed E-state index contributed by atoms with van der Waals surface area (Å²) in [6.07, 6.45) is 3.52. The van der Waals surface area contributed by atoms with Crippen molar-refractivity contribution in [3.63, 3.8) is 0 Å². The predicted molar refractivity (Wildman–Crippen MR) is 73.9 cm³/mol. The molecule has 1 aromatic rings. The highest BCUT2D eigenvalue weighted by atomic mass is 16.1. The van der Waals surface area contributed by atoms with Crippen LogP contribution in [0.4, 0.5) is 0 Å². The van der Waals surface area contributed by atoms with E-state index in [4.69, 9.17) is 0 Å². The molecule has 1 saturated heterocycles. The summed E-state index contributed by atoms with van der Waals surface area (Å²) in [5.41, 5.74) is 3.04. The highest BCUT2D eigenvalue weighted by Crippen LogP contribution is 2.10. The smallest absolute Gasteiger partial charge is 0.251 e. The lowest BCUT2D eigenvalue weighted by Crippen LogP contribution is -2.30. The number of nitrogens with one attached hydrogen (secondary N) is 2. The number of amides is 1. The van der Waals surface area contributed by atoms with E-state index >= 15 is 0 Å². The number of carbonyl (C=O) groups excluding carboxylic acids is 1. The van der Waals surface area contributed by atoms with Crippen LogP contribution in [0.5, 0.6) is 0 Å². The first-order valence-electron chi connectivity index (χ1n) is 6.75. The molecule has 0 aliphatic carbocycles. The van der Waals surface area contributed by atoms with Crippen LogP contribution in [0.3, 0.4) is 0 Å². The average Bonchev–Trinajstić information content (AvgIpc) is 2.80. The molecule has 0 spiro atoms. The zero-order valence-corrected chi connectivity index (χ0v) is 11.3. The summed E-state index contributed by atoms with van der Waals surface area (Å²) < 4.78 is 0. The van der Waals surface area contributed by atoms with E-state index in [2.05, 4.69) is 16.7 Å². The molecule has 2 rings (SSSR count). The Hall–Kier alpha value is -1.35. The van der Waals surface area contributed by atoms with Gasteiger partial charge in [0, 0.05) is 18.2 Å². The lowest BCUT2D eigenvalue weighted by atomic mass is 10.1. The monoisotopic (exact) mass is 246 g/mol. The van der Waals surface area contributed by atoms with E-state index in [1.54, 1.807) is 0 Å². The Bertz CT molecular complexity index is 402. The normalized spacial score (nSPS) is 18.9. The molecule has 1 heterocycles. The maximum Gasteiger partial charge on any atom is 0.251 e. The van der Waals surface area contributed by atoms with Crippen molar-refractivity contribution in [3.8, 4) is 0 Å². The fraction of sp³-hybridized carbons (Fsp3) is 0.533. The molecule has 18 heavy (non-hydrogen) atoms. The van der Waals surface area contributed by atoms with Crippen LogP contribution < -0.4 is 10.6 Å². The summed E-state index contributed by atoms with van der Waals surface area (Å²) in [5.74, 6) is 0.0415. The van der Waals surface area contributed by atoms with Crippen LogP contribution in [0.15, 0.2) is 18.2 Å². The second-order valence-corrected chi connectivity index (χ2v) is 5.21. The summed E-state index contributed by atoms with van der Waals surface area (Å²) in [4.78, 5) is 12.0. The zero-order chi connectivity index (χ0) is 13.0. The zero-order valence-electron chi connectivity index (χ0n) is 11.3. The van der Waals surface area contributed by atoms with Gasteiger partial charge in [-0.15, -0.1) is 0 Å². The lowest BCUT2D eigenvalue weighted by Gasteiger charge is -2.11. The Kier molecular flexibility index (Phi) is 4.37. The Morgan fingerprint density at radius 1 is 1.33 bits per heavy atom. The van der Waals surface area contributed by atoms with Crippen LogP contribution in [-0.2, 0) is 0 Å². The molecule has 2 N–H and O–H groups in total. The van der Waals surface area contributed by atoms with Crippen molar-refractivity contribution in [1.29, 1.82) is 0 Å². The first kappa shape index (κ1) is 13.1. The van der Waals surface area contributed by atoms with Crippen molar-refractivity contribution in [1.82, 2.24) is 10.6 Å². The van der Waals surface area contributed by atoms with Gasteiger partial charge in [-0.25, -0.2) is 0 Å². The number of rotatable bonds is 4. The van der Waals surface area contributed by atoms with Crippen LogP contribution in [0.2, 0.25) is 0 Å². The Labute approximate surface area is 109 Å². The molecule has 0 radical (unpaired) electrons. The Balaban J connectivity index is 1.83. The molecular formula is C15H22N2O. The van der Waals surface area contributed by atoms with Gasteiger partial charge in [0.1, 0.15) is 0 Å². The quantitative estimate of drug-likeness (QED) is 0.855. The van der Waals surface area contributed by atoms with Gasteiger partial charge >= 0.3 is 0 Å². The number of hydrogen-bond donors (Lipinski definition) is 2. The molecule has 1 amide bonds. The van der Waals surface area contributed by atoms with Gasteiger partial charge in [-0.1, -0.05) is 17.2 Å². The van der Waals surface area contributed by atoms with Crippen LogP contribution in [0, 0.1) is 13.8 Å². The summed E-state index contributed by atoms with van der Waals surface area (Å²) in [5, 5.41) is 6.44. The van der Waals surface area contributed by atoms with Crippen molar-refractivity contribution >= 4 is 5.91 Å². The fourth-order valence-corrected chi connectivity index (χ4v) is 2.57. The van der Waals surface area contributed by atoms with Gasteiger partial charge in [0.05, 0.1) is 0 Å². The molecule has 1 aliphatic heterocycles. The maximum atomic E-state index is 12.0. The minimum absolute atomic E-state index is 0.0415. The molecule has 0 saturated carbocycles. The number of aryl methyl sites for hydroxylation is 2. The SMILES string of the molecule is Cc1cc(C)cc(C(=O)NCC[C@H]2CCCN2)c1. The second kappa shape index (κ2) is 6.01. The van der Waals surface area contributed by atoms with Crippen molar-refractivity contribution in [2.45, 2.75) is 39.2 Å². The number of hydrogen-bond acceptors (Lipinski definition) is 2. The van der Waals surface area contributed by atoms with Crippen LogP contribution in [0.25, 0.3) is 0 Å². The molecule has 3 nitrogen and oxygen atoms in total. The molecule has 98 valence electrons. The van der Waals surface area contributed by atoms with Gasteiger partial charge in [0.2, 0.25) is 0 Å². The van der Waals surface area contributed by atoms with E-state index in [-0.39, 0.29) is 5.91 Å². The fourth-order valence-electron chi connectivity index (χ4n) is 2.57. The van der Waals surface area contributed by atoms with Gasteiger partial charge in [0.25, 0.3) is 5.91 Å². The second-order valence-electron chi connectivity index (χ2n) is 5.21. The van der Waals surface area contributed by atoms with Gasteiger partial charge < -0.3 is 10.6 Å². The standard InChI is InChI=1S/C15H22N2O/c1-11-8-12(2)10-13(9-11)15(18)17-7-5-14-4-3-6-16-14/h8-10,14,16H,3-7H2,1-2H3,(H,17,18)/t14-/m1/s1. The summed E-state index contributed by atoms with van der Waals surface area (Å²) in [6.45, 7) is 5.91. The van der Waals surface area contributed by atoms with Gasteiger partial charge in [-0.05, 0) is 51.8 Å². The molecule has 1 aliphatic rings. The molecule has 1 atom stereocenters. The molecule has 1 fully saturated rings. The number of benzene rings is 1. The van der Waals surface area contributed by atoms with E-state index in [1.165, 1.54) is 12.8 Å². The molecule has 0 bridgehead atoms. The van der Waals surface area contributed by atoms with E-state index in [9.17, 15) is 4.79 Å². The maximum absolute atomic E-state index is 12.0. The minimum atomic E-state index is 0.0415. The average molecular weight is 246 g/mol. The first-order chi connectivity index (χ1) is 8.65. The third kappa shape index (κ3) is 3.57. The third-order valence-corrected chi connectivity index (χ3v) is 3.42. The molecule has 0 unspecified atom stereocenters. The minimum Gasteiger partial charge on any atom is -0.352 e. The van der Waals surface area contributed by atoms with Crippen LogP contribution in [0.1, 0.15) is 40.7 Å².